The van der Waals surface area contributed by atoms with Crippen molar-refractivity contribution in [1.82, 2.24) is 4.98 Å². The van der Waals surface area contributed by atoms with Gasteiger partial charge in [0.25, 0.3) is 0 Å². The number of fused-ring (bicyclic) bond motifs is 1. The van der Waals surface area contributed by atoms with Gasteiger partial charge in [-0.05, 0) is 36.8 Å². The van der Waals surface area contributed by atoms with E-state index in [1.165, 1.54) is 0 Å². The largest absolute Gasteiger partial charge is 0.398 e. The van der Waals surface area contributed by atoms with Gasteiger partial charge >= 0.3 is 0 Å². The highest BCUT2D eigenvalue weighted by molar-refractivity contribution is 6.31. The lowest BCUT2D eigenvalue weighted by Gasteiger charge is -2.18. The van der Waals surface area contributed by atoms with Gasteiger partial charge in [-0.25, -0.2) is 0 Å². The van der Waals surface area contributed by atoms with Crippen molar-refractivity contribution >= 4 is 33.7 Å². The Morgan fingerprint density at radius 2 is 1.90 bits per heavy atom. The minimum Gasteiger partial charge on any atom is -0.398 e. The second-order valence-electron chi connectivity index (χ2n) is 5.01. The number of aromatic nitrogens is 1. The number of nitrogens with one attached hydrogen (secondary N) is 1. The first-order chi connectivity index (χ1) is 10.2. The van der Waals surface area contributed by atoms with Crippen molar-refractivity contribution in [2.75, 3.05) is 11.1 Å². The SMILES string of the molecule is CC(Nc1ccc(N)c2ccncc12)c1ccccc1Cl. The molecule has 0 aliphatic heterocycles. The summed E-state index contributed by atoms with van der Waals surface area (Å²) in [7, 11) is 0. The summed E-state index contributed by atoms with van der Waals surface area (Å²) in [6, 6.07) is 13.7. The van der Waals surface area contributed by atoms with Crippen LogP contribution in [0.4, 0.5) is 11.4 Å². The van der Waals surface area contributed by atoms with Crippen LogP contribution in [0.1, 0.15) is 18.5 Å². The molecule has 0 spiro atoms. The van der Waals surface area contributed by atoms with Gasteiger partial charge in [-0.15, -0.1) is 0 Å². The monoisotopic (exact) mass is 297 g/mol. The molecule has 0 saturated heterocycles. The van der Waals surface area contributed by atoms with Gasteiger partial charge in [-0.3, -0.25) is 4.98 Å². The summed E-state index contributed by atoms with van der Waals surface area (Å²) in [5, 5.41) is 6.26. The van der Waals surface area contributed by atoms with Crippen molar-refractivity contribution in [3.63, 3.8) is 0 Å². The van der Waals surface area contributed by atoms with E-state index in [-0.39, 0.29) is 6.04 Å². The minimum absolute atomic E-state index is 0.0886. The smallest absolute Gasteiger partial charge is 0.0500 e. The Hall–Kier alpha value is -2.26. The molecule has 0 saturated carbocycles. The van der Waals surface area contributed by atoms with Gasteiger partial charge < -0.3 is 11.1 Å². The zero-order valence-electron chi connectivity index (χ0n) is 11.7. The van der Waals surface area contributed by atoms with Gasteiger partial charge in [0.05, 0.1) is 6.04 Å². The molecule has 0 amide bonds. The Labute approximate surface area is 128 Å². The highest BCUT2D eigenvalue weighted by Gasteiger charge is 2.11. The highest BCUT2D eigenvalue weighted by Crippen LogP contribution is 2.31. The zero-order valence-corrected chi connectivity index (χ0v) is 12.4. The van der Waals surface area contributed by atoms with Crippen LogP contribution in [0.2, 0.25) is 5.02 Å². The lowest BCUT2D eigenvalue weighted by atomic mass is 10.1. The summed E-state index contributed by atoms with van der Waals surface area (Å²) in [6.07, 6.45) is 3.58. The molecule has 21 heavy (non-hydrogen) atoms. The molecule has 0 aliphatic rings. The fraction of sp³-hybridized carbons (Fsp3) is 0.118. The molecule has 3 nitrogen and oxygen atoms in total. The Balaban J connectivity index is 1.99. The first kappa shape index (κ1) is 13.7. The molecule has 3 rings (SSSR count). The number of benzene rings is 2. The molecule has 2 aromatic carbocycles. The number of halogens is 1. The average molecular weight is 298 g/mol. The fourth-order valence-corrected chi connectivity index (χ4v) is 2.78. The molecule has 0 radical (unpaired) electrons. The first-order valence-corrected chi connectivity index (χ1v) is 7.18. The lowest BCUT2D eigenvalue weighted by Crippen LogP contribution is -2.07. The predicted octanol–water partition coefficient (Wildman–Crippen LogP) is 4.64. The second kappa shape index (κ2) is 5.62. The predicted molar refractivity (Wildman–Crippen MR) is 89.6 cm³/mol. The molecule has 106 valence electrons. The summed E-state index contributed by atoms with van der Waals surface area (Å²) in [6.45, 7) is 2.08. The Morgan fingerprint density at radius 1 is 1.10 bits per heavy atom. The summed E-state index contributed by atoms with van der Waals surface area (Å²) in [4.78, 5) is 4.19. The molecule has 0 bridgehead atoms. The van der Waals surface area contributed by atoms with E-state index in [1.54, 1.807) is 6.20 Å². The van der Waals surface area contributed by atoms with Gasteiger partial charge in [0.15, 0.2) is 0 Å². The summed E-state index contributed by atoms with van der Waals surface area (Å²) < 4.78 is 0. The molecule has 3 aromatic rings. The van der Waals surface area contributed by atoms with Crippen LogP contribution in [0.5, 0.6) is 0 Å². The van der Waals surface area contributed by atoms with E-state index in [0.29, 0.717) is 0 Å². The van der Waals surface area contributed by atoms with Crippen LogP contribution >= 0.6 is 11.6 Å². The zero-order chi connectivity index (χ0) is 14.8. The maximum absolute atomic E-state index is 6.26. The van der Waals surface area contributed by atoms with E-state index in [4.69, 9.17) is 17.3 Å². The molecule has 1 aromatic heterocycles. The maximum Gasteiger partial charge on any atom is 0.0500 e. The molecule has 0 fully saturated rings. The van der Waals surface area contributed by atoms with Crippen molar-refractivity contribution in [2.24, 2.45) is 0 Å². The van der Waals surface area contributed by atoms with Crippen LogP contribution in [0, 0.1) is 0 Å². The van der Waals surface area contributed by atoms with E-state index in [1.807, 2.05) is 48.7 Å². The van der Waals surface area contributed by atoms with Crippen LogP contribution in [-0.4, -0.2) is 4.98 Å². The Bertz CT molecular complexity index is 786. The first-order valence-electron chi connectivity index (χ1n) is 6.80. The van der Waals surface area contributed by atoms with Crippen molar-refractivity contribution in [2.45, 2.75) is 13.0 Å². The van der Waals surface area contributed by atoms with E-state index in [9.17, 15) is 0 Å². The minimum atomic E-state index is 0.0886. The number of nitrogens with zero attached hydrogens (tertiary/aromatic N) is 1. The summed E-state index contributed by atoms with van der Waals surface area (Å²) in [5.74, 6) is 0. The van der Waals surface area contributed by atoms with Gasteiger partial charge in [-0.2, -0.15) is 0 Å². The van der Waals surface area contributed by atoms with Crippen LogP contribution < -0.4 is 11.1 Å². The van der Waals surface area contributed by atoms with Crippen LogP contribution in [0.15, 0.2) is 54.9 Å². The molecule has 1 atom stereocenters. The van der Waals surface area contributed by atoms with E-state index >= 15 is 0 Å². The number of nitrogens with two attached hydrogens (primary N) is 1. The number of pyridine rings is 1. The molecular formula is C17H16ClN3. The number of rotatable bonds is 3. The highest BCUT2D eigenvalue weighted by atomic mass is 35.5. The third kappa shape index (κ3) is 2.65. The standard InChI is InChI=1S/C17H16ClN3/c1-11(12-4-2-3-5-15(12)18)21-17-7-6-16(19)13-8-9-20-10-14(13)17/h2-11,21H,19H2,1H3. The van der Waals surface area contributed by atoms with Crippen molar-refractivity contribution < 1.29 is 0 Å². The Morgan fingerprint density at radius 3 is 2.71 bits per heavy atom. The van der Waals surface area contributed by atoms with E-state index in [0.717, 1.165) is 32.7 Å². The molecule has 1 heterocycles. The molecule has 0 aliphatic carbocycles. The van der Waals surface area contributed by atoms with E-state index in [2.05, 4.69) is 17.2 Å². The van der Waals surface area contributed by atoms with Crippen LogP contribution in [-0.2, 0) is 0 Å². The second-order valence-corrected chi connectivity index (χ2v) is 5.42. The van der Waals surface area contributed by atoms with Gasteiger partial charge in [0.1, 0.15) is 0 Å². The van der Waals surface area contributed by atoms with Crippen LogP contribution in [0.25, 0.3) is 10.8 Å². The molecule has 4 heteroatoms. The van der Waals surface area contributed by atoms with Crippen molar-refractivity contribution in [3.05, 3.63) is 65.4 Å². The normalized spacial score (nSPS) is 12.3. The fourth-order valence-electron chi connectivity index (χ4n) is 2.48. The van der Waals surface area contributed by atoms with Crippen molar-refractivity contribution in [1.29, 1.82) is 0 Å². The average Bonchev–Trinajstić information content (AvgIpc) is 2.51. The quantitative estimate of drug-likeness (QED) is 0.692. The number of hydrogen-bond donors (Lipinski definition) is 2. The molecule has 3 N–H and O–H groups in total. The van der Waals surface area contributed by atoms with E-state index < -0.39 is 0 Å². The Kier molecular flexibility index (Phi) is 3.67. The summed E-state index contributed by atoms with van der Waals surface area (Å²) in [5.41, 5.74) is 8.83. The molecule has 1 unspecified atom stereocenters. The lowest BCUT2D eigenvalue weighted by molar-refractivity contribution is 0.887. The van der Waals surface area contributed by atoms with Crippen molar-refractivity contribution in [3.8, 4) is 0 Å². The van der Waals surface area contributed by atoms with Gasteiger partial charge in [-0.1, -0.05) is 29.8 Å². The number of anilines is 2. The van der Waals surface area contributed by atoms with Crippen LogP contribution in [0.3, 0.4) is 0 Å². The maximum atomic E-state index is 6.26. The topological polar surface area (TPSA) is 50.9 Å². The third-order valence-electron chi connectivity index (χ3n) is 3.60. The molecular weight excluding hydrogens is 282 g/mol. The number of hydrogen-bond acceptors (Lipinski definition) is 3. The van der Waals surface area contributed by atoms with Gasteiger partial charge in [0.2, 0.25) is 0 Å². The van der Waals surface area contributed by atoms with Gasteiger partial charge in [0, 0.05) is 39.6 Å². The number of nitrogen functional groups attached to an aromatic ring is 1. The third-order valence-corrected chi connectivity index (χ3v) is 3.94. The summed E-state index contributed by atoms with van der Waals surface area (Å²) >= 11 is 6.26.